The molecule has 4 saturated carbocycles. The molecule has 0 spiro atoms. The summed E-state index contributed by atoms with van der Waals surface area (Å²) in [6, 6.07) is 13.6. The zero-order chi connectivity index (χ0) is 26.0. The number of halogens is 1. The molecule has 2 aromatic rings. The minimum Gasteiger partial charge on any atom is -0.456 e. The highest BCUT2D eigenvalue weighted by atomic mass is 35.5. The van der Waals surface area contributed by atoms with Crippen molar-refractivity contribution >= 4 is 41.0 Å². The second kappa shape index (κ2) is 11.2. The van der Waals surface area contributed by atoms with Gasteiger partial charge in [0.1, 0.15) is 6.04 Å². The Labute approximate surface area is 228 Å². The molecule has 4 bridgehead atoms. The fraction of sp³-hybridized carbons (Fsp3) is 0.500. The standard InChI is InChI=1S/C30H34ClNO4S/c1-37-11-10-26(29(35)36-18-27(33)22-4-8-25(31)9-5-22)32-28(34)23-2-6-24(7-3-23)30-15-19-12-20(16-30)14-21(13-19)17-30/h2-9,19-21,26H,10-18H2,1H3,(H,32,34)/t19?,20?,21?,26-,30?/m1/s1. The van der Waals surface area contributed by atoms with Crippen LogP contribution in [0, 0.1) is 17.8 Å². The number of esters is 1. The van der Waals surface area contributed by atoms with Gasteiger partial charge in [-0.1, -0.05) is 23.7 Å². The number of ketones is 1. The minimum atomic E-state index is -0.819. The molecule has 0 radical (unpaired) electrons. The molecule has 196 valence electrons. The van der Waals surface area contributed by atoms with Crippen molar-refractivity contribution in [2.45, 2.75) is 56.4 Å². The predicted octanol–water partition coefficient (Wildman–Crippen LogP) is 6.09. The molecule has 0 heterocycles. The highest BCUT2D eigenvalue weighted by Crippen LogP contribution is 2.60. The average molecular weight is 540 g/mol. The highest BCUT2D eigenvalue weighted by molar-refractivity contribution is 7.98. The van der Waals surface area contributed by atoms with Gasteiger partial charge in [-0.3, -0.25) is 9.59 Å². The Bertz CT molecular complexity index is 1110. The summed E-state index contributed by atoms with van der Waals surface area (Å²) in [5.74, 6) is 2.05. The van der Waals surface area contributed by atoms with E-state index in [1.165, 1.54) is 44.1 Å². The summed E-state index contributed by atoms with van der Waals surface area (Å²) < 4.78 is 5.30. The molecule has 1 atom stereocenters. The fourth-order valence-corrected chi connectivity index (χ4v) is 7.72. The number of thioether (sulfide) groups is 1. The summed E-state index contributed by atoms with van der Waals surface area (Å²) in [5.41, 5.74) is 2.60. The van der Waals surface area contributed by atoms with E-state index < -0.39 is 12.0 Å². The van der Waals surface area contributed by atoms with Crippen LogP contribution in [0.2, 0.25) is 5.02 Å². The third kappa shape index (κ3) is 5.91. The number of carbonyl (C=O) groups is 3. The molecule has 4 aliphatic rings. The number of rotatable bonds is 10. The van der Waals surface area contributed by atoms with Gasteiger partial charge in [-0.15, -0.1) is 0 Å². The maximum Gasteiger partial charge on any atom is 0.329 e. The normalized spacial score (nSPS) is 26.5. The van der Waals surface area contributed by atoms with Crippen LogP contribution in [0.1, 0.15) is 71.2 Å². The maximum atomic E-state index is 13.1. The number of amides is 1. The molecule has 6 rings (SSSR count). The monoisotopic (exact) mass is 539 g/mol. The topological polar surface area (TPSA) is 72.5 Å². The zero-order valence-electron chi connectivity index (χ0n) is 21.2. The van der Waals surface area contributed by atoms with Crippen LogP contribution < -0.4 is 5.32 Å². The molecule has 0 saturated heterocycles. The molecule has 1 amide bonds. The van der Waals surface area contributed by atoms with E-state index in [2.05, 4.69) is 17.4 Å². The molecular weight excluding hydrogens is 506 g/mol. The number of benzene rings is 2. The van der Waals surface area contributed by atoms with Crippen LogP contribution in [0.5, 0.6) is 0 Å². The van der Waals surface area contributed by atoms with Crippen molar-refractivity contribution in [2.24, 2.45) is 17.8 Å². The van der Waals surface area contributed by atoms with Gasteiger partial charge in [-0.25, -0.2) is 4.79 Å². The summed E-state index contributed by atoms with van der Waals surface area (Å²) in [6.45, 7) is -0.383. The SMILES string of the molecule is CSCC[C@@H](NC(=O)c1ccc(C23CC4CC(CC(C4)C2)C3)cc1)C(=O)OCC(=O)c1ccc(Cl)cc1. The second-order valence-electron chi connectivity index (χ2n) is 11.1. The molecule has 4 fully saturated rings. The molecule has 4 aliphatic carbocycles. The Kier molecular flexibility index (Phi) is 7.96. The summed E-state index contributed by atoms with van der Waals surface area (Å²) in [4.78, 5) is 38.3. The first-order chi connectivity index (χ1) is 17.8. The quantitative estimate of drug-likeness (QED) is 0.292. The van der Waals surface area contributed by atoms with E-state index in [0.29, 0.717) is 28.3 Å². The van der Waals surface area contributed by atoms with Gasteiger partial charge in [-0.05, 0) is 122 Å². The van der Waals surface area contributed by atoms with Gasteiger partial charge < -0.3 is 10.1 Å². The summed E-state index contributed by atoms with van der Waals surface area (Å²) >= 11 is 7.46. The Morgan fingerprint density at radius 3 is 2.08 bits per heavy atom. The average Bonchev–Trinajstić information content (AvgIpc) is 2.89. The third-order valence-corrected chi connectivity index (χ3v) is 9.41. The second-order valence-corrected chi connectivity index (χ2v) is 12.5. The smallest absolute Gasteiger partial charge is 0.329 e. The first-order valence-corrected chi connectivity index (χ1v) is 15.0. The van der Waals surface area contributed by atoms with Crippen molar-refractivity contribution in [2.75, 3.05) is 18.6 Å². The fourth-order valence-electron chi connectivity index (χ4n) is 7.12. The molecular formula is C30H34ClNO4S. The summed E-state index contributed by atoms with van der Waals surface area (Å²) in [7, 11) is 0. The van der Waals surface area contributed by atoms with Crippen molar-refractivity contribution in [1.29, 1.82) is 0 Å². The van der Waals surface area contributed by atoms with Crippen LogP contribution in [-0.2, 0) is 14.9 Å². The van der Waals surface area contributed by atoms with E-state index in [9.17, 15) is 14.4 Å². The van der Waals surface area contributed by atoms with E-state index in [4.69, 9.17) is 16.3 Å². The largest absolute Gasteiger partial charge is 0.456 e. The maximum absolute atomic E-state index is 13.1. The van der Waals surface area contributed by atoms with Gasteiger partial charge in [0.2, 0.25) is 0 Å². The lowest BCUT2D eigenvalue weighted by molar-refractivity contribution is -0.144. The lowest BCUT2D eigenvalue weighted by Gasteiger charge is -2.57. The lowest BCUT2D eigenvalue weighted by atomic mass is 9.48. The summed E-state index contributed by atoms with van der Waals surface area (Å²) in [5, 5.41) is 3.37. The minimum absolute atomic E-state index is 0.283. The highest BCUT2D eigenvalue weighted by Gasteiger charge is 2.51. The Balaban J connectivity index is 1.21. The Morgan fingerprint density at radius 1 is 0.946 bits per heavy atom. The first-order valence-electron chi connectivity index (χ1n) is 13.2. The number of hydrogen-bond donors (Lipinski definition) is 1. The number of hydrogen-bond acceptors (Lipinski definition) is 5. The number of Topliss-reactive ketones (excluding diaryl/α,β-unsaturated/α-hetero) is 1. The van der Waals surface area contributed by atoms with Crippen LogP contribution in [-0.4, -0.2) is 42.3 Å². The van der Waals surface area contributed by atoms with E-state index in [0.717, 1.165) is 17.8 Å². The molecule has 37 heavy (non-hydrogen) atoms. The van der Waals surface area contributed by atoms with Crippen molar-refractivity contribution in [3.63, 3.8) is 0 Å². The molecule has 0 aromatic heterocycles. The van der Waals surface area contributed by atoms with Gasteiger partial charge in [0, 0.05) is 16.1 Å². The van der Waals surface area contributed by atoms with E-state index >= 15 is 0 Å². The molecule has 2 aromatic carbocycles. The predicted molar refractivity (Wildman–Crippen MR) is 147 cm³/mol. The Morgan fingerprint density at radius 2 is 1.51 bits per heavy atom. The molecule has 0 unspecified atom stereocenters. The van der Waals surface area contributed by atoms with Crippen LogP contribution in [0.25, 0.3) is 0 Å². The number of nitrogens with one attached hydrogen (secondary N) is 1. The van der Waals surface area contributed by atoms with E-state index in [1.807, 2.05) is 18.4 Å². The van der Waals surface area contributed by atoms with Crippen LogP contribution in [0.15, 0.2) is 48.5 Å². The zero-order valence-corrected chi connectivity index (χ0v) is 22.8. The molecule has 5 nitrogen and oxygen atoms in total. The molecule has 0 aliphatic heterocycles. The Hall–Kier alpha value is -2.31. The third-order valence-electron chi connectivity index (χ3n) is 8.51. The van der Waals surface area contributed by atoms with Gasteiger partial charge in [-0.2, -0.15) is 11.8 Å². The summed E-state index contributed by atoms with van der Waals surface area (Å²) in [6.07, 6.45) is 10.4. The van der Waals surface area contributed by atoms with Crippen LogP contribution >= 0.6 is 23.4 Å². The van der Waals surface area contributed by atoms with Crippen molar-refractivity contribution in [3.05, 3.63) is 70.2 Å². The van der Waals surface area contributed by atoms with Gasteiger partial charge in [0.05, 0.1) is 0 Å². The van der Waals surface area contributed by atoms with Gasteiger partial charge >= 0.3 is 5.97 Å². The van der Waals surface area contributed by atoms with E-state index in [1.54, 1.807) is 36.0 Å². The molecule has 7 heteroatoms. The van der Waals surface area contributed by atoms with Crippen molar-refractivity contribution in [1.82, 2.24) is 5.32 Å². The van der Waals surface area contributed by atoms with Crippen LogP contribution in [0.3, 0.4) is 0 Å². The van der Waals surface area contributed by atoms with Crippen LogP contribution in [0.4, 0.5) is 0 Å². The number of ether oxygens (including phenoxy) is 1. The van der Waals surface area contributed by atoms with Crippen molar-refractivity contribution < 1.29 is 19.1 Å². The van der Waals surface area contributed by atoms with Crippen molar-refractivity contribution in [3.8, 4) is 0 Å². The van der Waals surface area contributed by atoms with E-state index in [-0.39, 0.29) is 23.7 Å². The number of carbonyl (C=O) groups excluding carboxylic acids is 3. The first kappa shape index (κ1) is 26.3. The molecule has 1 N–H and O–H groups in total. The van der Waals surface area contributed by atoms with Gasteiger partial charge in [0.15, 0.2) is 12.4 Å². The van der Waals surface area contributed by atoms with Gasteiger partial charge in [0.25, 0.3) is 5.91 Å². The lowest BCUT2D eigenvalue weighted by Crippen LogP contribution is -2.48.